The molecule has 6 nitrogen and oxygen atoms in total. The fourth-order valence-electron chi connectivity index (χ4n) is 2.76. The van der Waals surface area contributed by atoms with Crippen molar-refractivity contribution in [2.75, 3.05) is 0 Å². The largest absolute Gasteiger partial charge is 0.391 e. The van der Waals surface area contributed by atoms with E-state index in [0.29, 0.717) is 12.8 Å². The molecule has 6 heteroatoms. The topological polar surface area (TPSA) is 80.0 Å². The van der Waals surface area contributed by atoms with E-state index in [4.69, 9.17) is 0 Å². The highest BCUT2D eigenvalue weighted by molar-refractivity contribution is 5.79. The number of rotatable bonds is 4. The summed E-state index contributed by atoms with van der Waals surface area (Å²) in [5.41, 5.74) is 2.85. The number of hydrogen-bond donors (Lipinski definition) is 2. The number of hydrogen-bond acceptors (Lipinski definition) is 4. The van der Waals surface area contributed by atoms with Gasteiger partial charge in [0.05, 0.1) is 30.8 Å². The average molecular weight is 300 g/mol. The second-order valence-corrected chi connectivity index (χ2v) is 5.95. The molecule has 0 spiro atoms. The first-order valence-corrected chi connectivity index (χ1v) is 7.42. The zero-order valence-corrected chi connectivity index (χ0v) is 12.7. The van der Waals surface area contributed by atoms with Crippen molar-refractivity contribution >= 4 is 5.91 Å². The number of aliphatic hydroxyl groups excluding tert-OH is 1. The highest BCUT2D eigenvalue weighted by Gasteiger charge is 2.42. The molecule has 1 aliphatic carbocycles. The molecule has 2 aromatic heterocycles. The van der Waals surface area contributed by atoms with Crippen LogP contribution in [0.2, 0.25) is 0 Å². The number of carbonyl (C=O) groups excluding carboxylic acids is 1. The van der Waals surface area contributed by atoms with Crippen LogP contribution in [-0.2, 0) is 11.2 Å². The summed E-state index contributed by atoms with van der Waals surface area (Å²) in [7, 11) is 0. The van der Waals surface area contributed by atoms with Crippen LogP contribution in [0.15, 0.2) is 30.7 Å². The molecule has 0 aromatic carbocycles. The summed E-state index contributed by atoms with van der Waals surface area (Å²) >= 11 is 0. The minimum atomic E-state index is -0.467. The van der Waals surface area contributed by atoms with Crippen LogP contribution in [0.5, 0.6) is 0 Å². The van der Waals surface area contributed by atoms with E-state index in [1.54, 1.807) is 17.1 Å². The summed E-state index contributed by atoms with van der Waals surface area (Å²) in [6, 6.07) is 3.53. The van der Waals surface area contributed by atoms with Gasteiger partial charge in [0.15, 0.2) is 0 Å². The SMILES string of the molecule is Cc1cnn([C@H]2[C@H](O)C[C@@H]2NC(=O)Cc2ccc(C)nc2)c1. The first kappa shape index (κ1) is 14.7. The molecule has 0 saturated heterocycles. The van der Waals surface area contributed by atoms with E-state index in [2.05, 4.69) is 15.4 Å². The van der Waals surface area contributed by atoms with Crippen LogP contribution < -0.4 is 5.32 Å². The molecular formula is C16H20N4O2. The maximum absolute atomic E-state index is 12.1. The van der Waals surface area contributed by atoms with Gasteiger partial charge in [-0.3, -0.25) is 14.5 Å². The predicted molar refractivity (Wildman–Crippen MR) is 81.2 cm³/mol. The average Bonchev–Trinajstić information content (AvgIpc) is 2.86. The molecule has 0 bridgehead atoms. The lowest BCUT2D eigenvalue weighted by Crippen LogP contribution is -2.56. The summed E-state index contributed by atoms with van der Waals surface area (Å²) in [6.07, 6.45) is 5.74. The fraction of sp³-hybridized carbons (Fsp3) is 0.438. The van der Waals surface area contributed by atoms with Crippen molar-refractivity contribution in [2.24, 2.45) is 0 Å². The molecule has 2 N–H and O–H groups in total. The highest BCUT2D eigenvalue weighted by Crippen LogP contribution is 2.32. The van der Waals surface area contributed by atoms with E-state index in [-0.39, 0.29) is 18.0 Å². The van der Waals surface area contributed by atoms with Crippen molar-refractivity contribution in [1.82, 2.24) is 20.1 Å². The van der Waals surface area contributed by atoms with Gasteiger partial charge in [0.1, 0.15) is 0 Å². The summed E-state index contributed by atoms with van der Waals surface area (Å²) in [4.78, 5) is 16.3. The van der Waals surface area contributed by atoms with E-state index in [1.165, 1.54) is 0 Å². The van der Waals surface area contributed by atoms with Crippen molar-refractivity contribution in [3.63, 3.8) is 0 Å². The van der Waals surface area contributed by atoms with Gasteiger partial charge in [0, 0.05) is 18.1 Å². The first-order chi connectivity index (χ1) is 10.5. The number of pyridine rings is 1. The maximum atomic E-state index is 12.1. The smallest absolute Gasteiger partial charge is 0.224 e. The van der Waals surface area contributed by atoms with Crippen molar-refractivity contribution in [2.45, 2.75) is 44.9 Å². The molecule has 3 atom stereocenters. The Morgan fingerprint density at radius 1 is 1.41 bits per heavy atom. The standard InChI is InChI=1S/C16H20N4O2/c1-10-7-18-20(9-10)16-13(6-14(16)21)19-15(22)5-12-4-3-11(2)17-8-12/h3-4,7-9,13-14,16,21H,5-6H2,1-2H3,(H,19,22)/t13-,14+,16+/m0/s1. The fourth-order valence-corrected chi connectivity index (χ4v) is 2.76. The van der Waals surface area contributed by atoms with Gasteiger partial charge >= 0.3 is 0 Å². The molecule has 0 aliphatic heterocycles. The van der Waals surface area contributed by atoms with Crippen molar-refractivity contribution in [1.29, 1.82) is 0 Å². The number of nitrogens with one attached hydrogen (secondary N) is 1. The Hall–Kier alpha value is -2.21. The molecule has 22 heavy (non-hydrogen) atoms. The van der Waals surface area contributed by atoms with E-state index < -0.39 is 6.10 Å². The van der Waals surface area contributed by atoms with Crippen molar-refractivity contribution in [3.8, 4) is 0 Å². The van der Waals surface area contributed by atoms with Crippen LogP contribution in [-0.4, -0.2) is 37.9 Å². The van der Waals surface area contributed by atoms with Crippen molar-refractivity contribution in [3.05, 3.63) is 47.5 Å². The third-order valence-electron chi connectivity index (χ3n) is 4.02. The van der Waals surface area contributed by atoms with Crippen LogP contribution in [0.25, 0.3) is 0 Å². The third kappa shape index (κ3) is 3.01. The highest BCUT2D eigenvalue weighted by atomic mass is 16.3. The van der Waals surface area contributed by atoms with Gasteiger partial charge in [-0.2, -0.15) is 5.10 Å². The first-order valence-electron chi connectivity index (χ1n) is 7.42. The molecule has 116 valence electrons. The number of carbonyl (C=O) groups is 1. The molecule has 3 rings (SSSR count). The lowest BCUT2D eigenvalue weighted by atomic mass is 9.83. The predicted octanol–water partition coefficient (Wildman–Crippen LogP) is 0.928. The molecule has 1 aliphatic rings. The van der Waals surface area contributed by atoms with Crippen LogP contribution >= 0.6 is 0 Å². The zero-order valence-electron chi connectivity index (χ0n) is 12.7. The number of nitrogens with zero attached hydrogens (tertiary/aromatic N) is 3. The Morgan fingerprint density at radius 3 is 2.82 bits per heavy atom. The van der Waals surface area contributed by atoms with Gasteiger partial charge < -0.3 is 10.4 Å². The van der Waals surface area contributed by atoms with Crippen LogP contribution in [0, 0.1) is 13.8 Å². The van der Waals surface area contributed by atoms with Gasteiger partial charge in [-0.25, -0.2) is 0 Å². The van der Waals surface area contributed by atoms with E-state index in [1.807, 2.05) is 32.2 Å². The maximum Gasteiger partial charge on any atom is 0.224 e. The van der Waals surface area contributed by atoms with Crippen LogP contribution in [0.1, 0.15) is 29.3 Å². The Morgan fingerprint density at radius 2 is 2.23 bits per heavy atom. The zero-order chi connectivity index (χ0) is 15.7. The number of aryl methyl sites for hydroxylation is 2. The van der Waals surface area contributed by atoms with Gasteiger partial charge in [0.25, 0.3) is 0 Å². The molecular weight excluding hydrogens is 280 g/mol. The lowest BCUT2D eigenvalue weighted by Gasteiger charge is -2.41. The van der Waals surface area contributed by atoms with Gasteiger partial charge in [-0.1, -0.05) is 6.07 Å². The third-order valence-corrected chi connectivity index (χ3v) is 4.02. The number of amides is 1. The number of aromatic nitrogens is 3. The van der Waals surface area contributed by atoms with Crippen molar-refractivity contribution < 1.29 is 9.90 Å². The minimum Gasteiger partial charge on any atom is -0.391 e. The molecule has 2 heterocycles. The van der Waals surface area contributed by atoms with Gasteiger partial charge in [-0.05, 0) is 37.5 Å². The molecule has 1 fully saturated rings. The molecule has 1 saturated carbocycles. The monoisotopic (exact) mass is 300 g/mol. The van der Waals surface area contributed by atoms with E-state index >= 15 is 0 Å². The Balaban J connectivity index is 1.60. The Bertz CT molecular complexity index is 665. The van der Waals surface area contributed by atoms with Gasteiger partial charge in [-0.15, -0.1) is 0 Å². The van der Waals surface area contributed by atoms with Gasteiger partial charge in [0.2, 0.25) is 5.91 Å². The summed E-state index contributed by atoms with van der Waals surface area (Å²) < 4.78 is 1.74. The molecule has 2 aromatic rings. The number of aliphatic hydroxyl groups is 1. The molecule has 1 amide bonds. The summed E-state index contributed by atoms with van der Waals surface area (Å²) in [6.45, 7) is 3.86. The second kappa shape index (κ2) is 5.88. The Labute approximate surface area is 129 Å². The van der Waals surface area contributed by atoms with Crippen LogP contribution in [0.3, 0.4) is 0 Å². The Kier molecular flexibility index (Phi) is 3.94. The van der Waals surface area contributed by atoms with E-state index in [9.17, 15) is 9.90 Å². The second-order valence-electron chi connectivity index (χ2n) is 5.95. The quantitative estimate of drug-likeness (QED) is 0.880. The van der Waals surface area contributed by atoms with E-state index in [0.717, 1.165) is 16.8 Å². The minimum absolute atomic E-state index is 0.0589. The lowest BCUT2D eigenvalue weighted by molar-refractivity contribution is -0.124. The molecule has 0 unspecified atom stereocenters. The summed E-state index contributed by atoms with van der Waals surface area (Å²) in [5.74, 6) is -0.0589. The summed E-state index contributed by atoms with van der Waals surface area (Å²) in [5, 5.41) is 17.2. The normalized spacial score (nSPS) is 23.9. The van der Waals surface area contributed by atoms with Crippen LogP contribution in [0.4, 0.5) is 0 Å². The molecule has 0 radical (unpaired) electrons.